The van der Waals surface area contributed by atoms with Gasteiger partial charge in [-0.25, -0.2) is 4.79 Å². The van der Waals surface area contributed by atoms with Crippen LogP contribution in [0.1, 0.15) is 49.8 Å². The molecule has 0 radical (unpaired) electrons. The molecule has 132 valence electrons. The minimum absolute atomic E-state index is 0.0364. The van der Waals surface area contributed by atoms with E-state index in [9.17, 15) is 9.90 Å². The first-order valence-electron chi connectivity index (χ1n) is 9.06. The number of hydrogen-bond acceptors (Lipinski definition) is 3. The van der Waals surface area contributed by atoms with Crippen LogP contribution in [-0.2, 0) is 11.2 Å². The van der Waals surface area contributed by atoms with Gasteiger partial charge in [-0.2, -0.15) is 0 Å². The third-order valence-electron chi connectivity index (χ3n) is 5.02. The topological polar surface area (TPSA) is 61.8 Å². The molecule has 1 aromatic rings. The number of hydrogen-bond donors (Lipinski definition) is 2. The van der Waals surface area contributed by atoms with E-state index in [-0.39, 0.29) is 18.1 Å². The molecule has 0 unspecified atom stereocenters. The Balaban J connectivity index is 1.71. The first kappa shape index (κ1) is 17.2. The molecule has 24 heavy (non-hydrogen) atoms. The number of carbonyl (C=O) groups is 1. The van der Waals surface area contributed by atoms with E-state index in [1.807, 2.05) is 11.0 Å². The summed E-state index contributed by atoms with van der Waals surface area (Å²) in [5, 5.41) is 12.9. The van der Waals surface area contributed by atoms with Crippen LogP contribution in [-0.4, -0.2) is 47.9 Å². The van der Waals surface area contributed by atoms with Crippen LogP contribution in [0.4, 0.5) is 4.79 Å². The van der Waals surface area contributed by atoms with Crippen LogP contribution in [0.15, 0.2) is 24.3 Å². The number of fused-ring (bicyclic) bond motifs is 1. The largest absolute Gasteiger partial charge is 0.393 e. The Bertz CT molecular complexity index is 561. The lowest BCUT2D eigenvalue weighted by atomic mass is 9.99. The normalized spacial score (nSPS) is 25.5. The van der Waals surface area contributed by atoms with Gasteiger partial charge in [0.1, 0.15) is 0 Å². The molecular formula is C19H28N2O3. The fourth-order valence-corrected chi connectivity index (χ4v) is 3.81. The van der Waals surface area contributed by atoms with Crippen molar-refractivity contribution in [1.29, 1.82) is 0 Å². The average molecular weight is 332 g/mol. The average Bonchev–Trinajstić information content (AvgIpc) is 2.77. The van der Waals surface area contributed by atoms with Gasteiger partial charge < -0.3 is 20.1 Å². The van der Waals surface area contributed by atoms with E-state index in [2.05, 4.69) is 23.5 Å². The zero-order valence-electron chi connectivity index (χ0n) is 14.4. The minimum atomic E-state index is -0.439. The zero-order valence-corrected chi connectivity index (χ0v) is 14.4. The number of aliphatic hydroxyl groups excluding tert-OH is 1. The Morgan fingerprint density at radius 3 is 3.08 bits per heavy atom. The van der Waals surface area contributed by atoms with E-state index >= 15 is 0 Å². The highest BCUT2D eigenvalue weighted by Crippen LogP contribution is 2.29. The zero-order chi connectivity index (χ0) is 16.9. The summed E-state index contributed by atoms with van der Waals surface area (Å²) < 4.78 is 5.50. The third kappa shape index (κ3) is 4.08. The second-order valence-corrected chi connectivity index (χ2v) is 6.95. The molecule has 0 aromatic heterocycles. The van der Waals surface area contributed by atoms with Crippen molar-refractivity contribution in [2.45, 2.75) is 57.2 Å². The minimum Gasteiger partial charge on any atom is -0.393 e. The highest BCUT2D eigenvalue weighted by molar-refractivity contribution is 5.75. The van der Waals surface area contributed by atoms with Crippen molar-refractivity contribution in [2.75, 3.05) is 19.8 Å². The van der Waals surface area contributed by atoms with Gasteiger partial charge in [-0.15, -0.1) is 0 Å². The molecule has 5 heteroatoms. The maximum Gasteiger partial charge on any atom is 0.318 e. The van der Waals surface area contributed by atoms with Gasteiger partial charge in [0.05, 0.1) is 31.4 Å². The van der Waals surface area contributed by atoms with Crippen molar-refractivity contribution in [1.82, 2.24) is 10.2 Å². The van der Waals surface area contributed by atoms with Gasteiger partial charge in [0.15, 0.2) is 0 Å². The molecule has 1 fully saturated rings. The molecule has 0 spiro atoms. The van der Waals surface area contributed by atoms with Gasteiger partial charge in [0.2, 0.25) is 0 Å². The standard InChI is InChI=1S/C19H28N2O3/c1-14(22)12-16-13-24-11-10-21(16)19(23)20-18-9-5-3-7-15-6-2-4-8-17(15)18/h2,4,6,8,14,16,18,22H,3,5,7,9-13H2,1H3,(H,20,23)/t14-,16-,18-/m0/s1. The number of morpholine rings is 1. The highest BCUT2D eigenvalue weighted by Gasteiger charge is 2.30. The number of aliphatic hydroxyl groups is 1. The summed E-state index contributed by atoms with van der Waals surface area (Å²) >= 11 is 0. The van der Waals surface area contributed by atoms with Crippen LogP contribution in [0, 0.1) is 0 Å². The van der Waals surface area contributed by atoms with Crippen LogP contribution >= 0.6 is 0 Å². The molecule has 5 nitrogen and oxygen atoms in total. The van der Waals surface area contributed by atoms with Crippen molar-refractivity contribution < 1.29 is 14.6 Å². The molecule has 1 saturated heterocycles. The second kappa shape index (κ2) is 7.99. The van der Waals surface area contributed by atoms with Crippen LogP contribution in [0.25, 0.3) is 0 Å². The van der Waals surface area contributed by atoms with Crippen molar-refractivity contribution >= 4 is 6.03 Å². The second-order valence-electron chi connectivity index (χ2n) is 6.95. The molecule has 1 heterocycles. The number of amides is 2. The smallest absolute Gasteiger partial charge is 0.318 e. The number of nitrogens with zero attached hydrogens (tertiary/aromatic N) is 1. The van der Waals surface area contributed by atoms with E-state index in [1.54, 1.807) is 6.92 Å². The van der Waals surface area contributed by atoms with Crippen molar-refractivity contribution in [2.24, 2.45) is 0 Å². The Morgan fingerprint density at radius 2 is 2.25 bits per heavy atom. The van der Waals surface area contributed by atoms with E-state index in [4.69, 9.17) is 4.74 Å². The van der Waals surface area contributed by atoms with E-state index in [0.717, 1.165) is 19.3 Å². The lowest BCUT2D eigenvalue weighted by Crippen LogP contribution is -2.53. The van der Waals surface area contributed by atoms with Crippen LogP contribution in [0.3, 0.4) is 0 Å². The molecule has 1 aliphatic heterocycles. The van der Waals surface area contributed by atoms with Gasteiger partial charge in [0.25, 0.3) is 0 Å². The highest BCUT2D eigenvalue weighted by atomic mass is 16.5. The Hall–Kier alpha value is -1.59. The number of carbonyl (C=O) groups excluding carboxylic acids is 1. The molecule has 2 aliphatic rings. The lowest BCUT2D eigenvalue weighted by Gasteiger charge is -2.37. The van der Waals surface area contributed by atoms with Crippen molar-refractivity contribution in [3.8, 4) is 0 Å². The molecule has 3 rings (SSSR count). The summed E-state index contributed by atoms with van der Waals surface area (Å²) in [4.78, 5) is 14.7. The monoisotopic (exact) mass is 332 g/mol. The number of rotatable bonds is 3. The number of nitrogens with one attached hydrogen (secondary N) is 1. The van der Waals surface area contributed by atoms with Crippen LogP contribution in [0.5, 0.6) is 0 Å². The summed E-state index contributed by atoms with van der Waals surface area (Å²) in [5.74, 6) is 0. The number of aryl methyl sites for hydroxylation is 1. The first-order valence-corrected chi connectivity index (χ1v) is 9.06. The van der Waals surface area contributed by atoms with Gasteiger partial charge in [0, 0.05) is 6.54 Å². The van der Waals surface area contributed by atoms with Gasteiger partial charge >= 0.3 is 6.03 Å². The fraction of sp³-hybridized carbons (Fsp3) is 0.632. The van der Waals surface area contributed by atoms with Crippen LogP contribution < -0.4 is 5.32 Å². The predicted molar refractivity (Wildman–Crippen MR) is 92.9 cm³/mol. The molecular weight excluding hydrogens is 304 g/mol. The third-order valence-corrected chi connectivity index (χ3v) is 5.02. The maximum atomic E-state index is 12.9. The molecule has 0 bridgehead atoms. The van der Waals surface area contributed by atoms with Crippen molar-refractivity contribution in [3.63, 3.8) is 0 Å². The van der Waals surface area contributed by atoms with Gasteiger partial charge in [-0.3, -0.25) is 0 Å². The Kier molecular flexibility index (Phi) is 5.74. The SMILES string of the molecule is C[C@H](O)C[C@H]1COCCN1C(=O)N[C@H]1CCCCc2ccccc21. The van der Waals surface area contributed by atoms with Crippen LogP contribution in [0.2, 0.25) is 0 Å². The van der Waals surface area contributed by atoms with Crippen molar-refractivity contribution in [3.05, 3.63) is 35.4 Å². The molecule has 0 saturated carbocycles. The first-order chi connectivity index (χ1) is 11.6. The number of ether oxygens (including phenoxy) is 1. The van der Waals surface area contributed by atoms with E-state index < -0.39 is 6.10 Å². The molecule has 1 aliphatic carbocycles. The number of benzene rings is 1. The van der Waals surface area contributed by atoms with Gasteiger partial charge in [-0.05, 0) is 43.7 Å². The quantitative estimate of drug-likeness (QED) is 0.837. The summed E-state index contributed by atoms with van der Waals surface area (Å²) in [6, 6.07) is 8.41. The Morgan fingerprint density at radius 1 is 1.42 bits per heavy atom. The summed E-state index contributed by atoms with van der Waals surface area (Å²) in [5.41, 5.74) is 2.60. The molecule has 2 N–H and O–H groups in total. The molecule has 1 aromatic carbocycles. The van der Waals surface area contributed by atoms with E-state index in [1.165, 1.54) is 17.5 Å². The molecule has 2 amide bonds. The lowest BCUT2D eigenvalue weighted by molar-refractivity contribution is -0.00488. The van der Waals surface area contributed by atoms with E-state index in [0.29, 0.717) is 26.2 Å². The summed E-state index contributed by atoms with van der Waals surface area (Å²) in [6.45, 7) is 3.40. The maximum absolute atomic E-state index is 12.9. The predicted octanol–water partition coefficient (Wildman–Crippen LogP) is 2.64. The fourth-order valence-electron chi connectivity index (χ4n) is 3.81. The molecule has 3 atom stereocenters. The summed E-state index contributed by atoms with van der Waals surface area (Å²) in [7, 11) is 0. The van der Waals surface area contributed by atoms with Gasteiger partial charge in [-0.1, -0.05) is 30.7 Å². The Labute approximate surface area is 144 Å². The summed E-state index contributed by atoms with van der Waals surface area (Å²) in [6.07, 6.45) is 4.48. The number of urea groups is 1.